The largest absolute Gasteiger partial charge is 0.416 e. The van der Waals surface area contributed by atoms with Gasteiger partial charge in [0.25, 0.3) is 5.56 Å². The Balaban J connectivity index is 1.70. The summed E-state index contributed by atoms with van der Waals surface area (Å²) in [6, 6.07) is 13.7. The number of Topliss-reactive ketones (excluding diaryl/α,β-unsaturated/α-hetero) is 1. The summed E-state index contributed by atoms with van der Waals surface area (Å²) >= 11 is 0. The number of hydrogen-bond donors (Lipinski definition) is 2. The maximum absolute atomic E-state index is 13.4. The highest BCUT2D eigenvalue weighted by Gasteiger charge is 2.43. The van der Waals surface area contributed by atoms with Crippen molar-refractivity contribution < 1.29 is 18.0 Å². The molecule has 0 saturated heterocycles. The Morgan fingerprint density at radius 3 is 2.32 bits per heavy atom. The Labute approximate surface area is 175 Å². The normalized spacial score (nSPS) is 20.5. The highest BCUT2D eigenvalue weighted by Crippen LogP contribution is 2.45. The number of hydrogen-bond acceptors (Lipinski definition) is 3. The van der Waals surface area contributed by atoms with E-state index in [1.54, 1.807) is 24.3 Å². The van der Waals surface area contributed by atoms with Crippen LogP contribution in [0, 0.1) is 5.92 Å². The molecule has 0 saturated carbocycles. The molecule has 5 rings (SSSR count). The van der Waals surface area contributed by atoms with Crippen LogP contribution >= 0.6 is 0 Å². The average molecular weight is 425 g/mol. The Bertz CT molecular complexity index is 1240. The molecule has 1 aromatic heterocycles. The standard InChI is InChI=1S/C23H18F3N3O2/c24-23(25,26)14-11-9-13(10-12-14)18-19-16(7-4-8-17(19)30)27-21-20(18)22(31)29(28-21)15-5-2-1-3-6-15/h1-3,5-7,9-12,18-19,27-28H,4,8H2/t18-,19-/m1/s1. The van der Waals surface area contributed by atoms with Gasteiger partial charge in [0.05, 0.1) is 22.7 Å². The van der Waals surface area contributed by atoms with Gasteiger partial charge in [-0.25, -0.2) is 4.68 Å². The van der Waals surface area contributed by atoms with Crippen molar-refractivity contribution >= 4 is 11.6 Å². The van der Waals surface area contributed by atoms with Crippen LogP contribution in [0.25, 0.3) is 5.69 Å². The van der Waals surface area contributed by atoms with Gasteiger partial charge in [-0.2, -0.15) is 13.2 Å². The van der Waals surface area contributed by atoms with E-state index in [1.807, 2.05) is 12.1 Å². The number of fused-ring (bicyclic) bond motifs is 2. The van der Waals surface area contributed by atoms with Crippen molar-refractivity contribution in [1.29, 1.82) is 0 Å². The lowest BCUT2D eigenvalue weighted by molar-refractivity contribution is -0.137. The van der Waals surface area contributed by atoms with Gasteiger partial charge in [-0.1, -0.05) is 36.4 Å². The van der Waals surface area contributed by atoms with Gasteiger partial charge in [0.2, 0.25) is 0 Å². The number of nitrogens with zero attached hydrogens (tertiary/aromatic N) is 1. The second-order valence-corrected chi connectivity index (χ2v) is 7.74. The highest BCUT2D eigenvalue weighted by molar-refractivity contribution is 5.89. The van der Waals surface area contributed by atoms with Gasteiger partial charge in [0, 0.05) is 18.0 Å². The van der Waals surface area contributed by atoms with Crippen molar-refractivity contribution in [3.63, 3.8) is 0 Å². The molecule has 0 fully saturated rings. The first-order chi connectivity index (χ1) is 14.8. The van der Waals surface area contributed by atoms with Crippen LogP contribution in [0.15, 0.2) is 71.2 Å². The summed E-state index contributed by atoms with van der Waals surface area (Å²) in [4.78, 5) is 26.2. The zero-order valence-electron chi connectivity index (χ0n) is 16.2. The quantitative estimate of drug-likeness (QED) is 0.631. The van der Waals surface area contributed by atoms with Crippen molar-refractivity contribution in [2.45, 2.75) is 24.9 Å². The topological polar surface area (TPSA) is 66.9 Å². The number of aromatic amines is 1. The Morgan fingerprint density at radius 1 is 0.935 bits per heavy atom. The number of rotatable bonds is 2. The fourth-order valence-electron chi connectivity index (χ4n) is 4.46. The summed E-state index contributed by atoms with van der Waals surface area (Å²) in [7, 11) is 0. The van der Waals surface area contributed by atoms with Crippen LogP contribution in [-0.4, -0.2) is 15.6 Å². The van der Waals surface area contributed by atoms with E-state index >= 15 is 0 Å². The molecule has 0 amide bonds. The number of para-hydroxylation sites is 1. The number of alkyl halides is 3. The molecule has 8 heteroatoms. The lowest BCUT2D eigenvalue weighted by Gasteiger charge is -2.35. The molecule has 1 aliphatic carbocycles. The Morgan fingerprint density at radius 2 is 1.65 bits per heavy atom. The molecular formula is C23H18F3N3O2. The first-order valence-electron chi connectivity index (χ1n) is 9.92. The van der Waals surface area contributed by atoms with Crippen molar-refractivity contribution in [2.24, 2.45) is 5.92 Å². The van der Waals surface area contributed by atoms with E-state index in [2.05, 4.69) is 10.4 Å². The summed E-state index contributed by atoms with van der Waals surface area (Å²) < 4.78 is 40.6. The number of H-pyrrole nitrogens is 1. The van der Waals surface area contributed by atoms with E-state index in [4.69, 9.17) is 0 Å². The van der Waals surface area contributed by atoms with Crippen LogP contribution in [0.4, 0.5) is 19.0 Å². The number of anilines is 1. The molecule has 5 nitrogen and oxygen atoms in total. The maximum Gasteiger partial charge on any atom is 0.416 e. The number of nitrogens with one attached hydrogen (secondary N) is 2. The van der Waals surface area contributed by atoms with Crippen molar-refractivity contribution in [3.8, 4) is 5.69 Å². The third-order valence-corrected chi connectivity index (χ3v) is 5.89. The third kappa shape index (κ3) is 3.19. The molecule has 0 spiro atoms. The zero-order chi connectivity index (χ0) is 21.8. The Hall–Kier alpha value is -3.55. The lowest BCUT2D eigenvalue weighted by Crippen LogP contribution is -2.36. The molecule has 0 radical (unpaired) electrons. The van der Waals surface area contributed by atoms with Gasteiger partial charge in [-0.3, -0.25) is 14.7 Å². The minimum Gasteiger partial charge on any atom is -0.343 e. The van der Waals surface area contributed by atoms with E-state index in [0.29, 0.717) is 41.2 Å². The predicted octanol–water partition coefficient (Wildman–Crippen LogP) is 4.60. The second kappa shape index (κ2) is 7.01. The average Bonchev–Trinajstić information content (AvgIpc) is 3.09. The summed E-state index contributed by atoms with van der Waals surface area (Å²) in [5.74, 6) is -0.889. The van der Waals surface area contributed by atoms with Gasteiger partial charge >= 0.3 is 6.18 Å². The number of halogens is 3. The Kier molecular flexibility index (Phi) is 4.39. The fraction of sp³-hybridized carbons (Fsp3) is 0.217. The van der Waals surface area contributed by atoms with Crippen LogP contribution in [-0.2, 0) is 11.0 Å². The lowest BCUT2D eigenvalue weighted by atomic mass is 9.72. The maximum atomic E-state index is 13.4. The van der Waals surface area contributed by atoms with Crippen LogP contribution in [0.3, 0.4) is 0 Å². The predicted molar refractivity (Wildman–Crippen MR) is 109 cm³/mol. The molecule has 0 unspecified atom stereocenters. The number of benzene rings is 2. The number of ketones is 1. The van der Waals surface area contributed by atoms with Crippen LogP contribution in [0.1, 0.15) is 35.4 Å². The van der Waals surface area contributed by atoms with E-state index in [0.717, 1.165) is 12.1 Å². The minimum absolute atomic E-state index is 0.0348. The van der Waals surface area contributed by atoms with Gasteiger partial charge in [-0.15, -0.1) is 0 Å². The van der Waals surface area contributed by atoms with Crippen LogP contribution in [0.2, 0.25) is 0 Å². The zero-order valence-corrected chi connectivity index (χ0v) is 16.2. The first kappa shape index (κ1) is 19.4. The number of allylic oxidation sites excluding steroid dienone is 2. The van der Waals surface area contributed by atoms with Gasteiger partial charge in [0.1, 0.15) is 11.6 Å². The molecule has 2 aliphatic rings. The van der Waals surface area contributed by atoms with E-state index in [1.165, 1.54) is 16.8 Å². The molecule has 0 bridgehead atoms. The molecule has 2 heterocycles. The second-order valence-electron chi connectivity index (χ2n) is 7.74. The molecular weight excluding hydrogens is 407 g/mol. The smallest absolute Gasteiger partial charge is 0.343 e. The molecule has 3 aromatic rings. The minimum atomic E-state index is -4.46. The molecule has 31 heavy (non-hydrogen) atoms. The SMILES string of the molecule is O=C1CCC=C2Nc3[nH]n(-c4ccccc4)c(=O)c3[C@H](c3ccc(C(F)(F)F)cc3)[C@@H]12. The van der Waals surface area contributed by atoms with E-state index in [-0.39, 0.29) is 11.3 Å². The van der Waals surface area contributed by atoms with Crippen LogP contribution in [0.5, 0.6) is 0 Å². The van der Waals surface area contributed by atoms with E-state index in [9.17, 15) is 22.8 Å². The fourth-order valence-corrected chi connectivity index (χ4v) is 4.46. The monoisotopic (exact) mass is 425 g/mol. The first-order valence-corrected chi connectivity index (χ1v) is 9.92. The van der Waals surface area contributed by atoms with Crippen molar-refractivity contribution in [1.82, 2.24) is 9.78 Å². The van der Waals surface area contributed by atoms with Gasteiger partial charge < -0.3 is 5.32 Å². The molecule has 2 atom stereocenters. The summed E-state index contributed by atoms with van der Waals surface area (Å²) in [5.41, 5.74) is 1.04. The van der Waals surface area contributed by atoms with Crippen LogP contribution < -0.4 is 10.9 Å². The number of carbonyl (C=O) groups excluding carboxylic acids is 1. The molecule has 2 N–H and O–H groups in total. The van der Waals surface area contributed by atoms with Crippen molar-refractivity contribution in [2.75, 3.05) is 5.32 Å². The summed E-state index contributed by atoms with van der Waals surface area (Å²) in [6.45, 7) is 0. The number of carbonyl (C=O) groups is 1. The molecule has 2 aromatic carbocycles. The van der Waals surface area contributed by atoms with Crippen molar-refractivity contribution in [3.05, 3.63) is 93.4 Å². The van der Waals surface area contributed by atoms with E-state index < -0.39 is 23.6 Å². The highest BCUT2D eigenvalue weighted by atomic mass is 19.4. The third-order valence-electron chi connectivity index (χ3n) is 5.89. The van der Waals surface area contributed by atoms with Gasteiger partial charge in [0.15, 0.2) is 0 Å². The number of aromatic nitrogens is 2. The van der Waals surface area contributed by atoms with Gasteiger partial charge in [-0.05, 0) is 36.2 Å². The molecule has 1 aliphatic heterocycles. The summed E-state index contributed by atoms with van der Waals surface area (Å²) in [6.07, 6.45) is -1.63. The summed E-state index contributed by atoms with van der Waals surface area (Å²) in [5, 5.41) is 6.24. The molecule has 158 valence electrons.